The Balaban J connectivity index is 2.21. The lowest BCUT2D eigenvalue weighted by Crippen LogP contribution is -1.97. The molecule has 1 aliphatic rings. The fraction of sp³-hybridized carbons (Fsp3) is 0.500. The largest absolute Gasteiger partial charge is 0.490 e. The third-order valence-electron chi connectivity index (χ3n) is 2.39. The third-order valence-corrected chi connectivity index (χ3v) is 2.85. The second-order valence-electron chi connectivity index (χ2n) is 4.19. The van der Waals surface area contributed by atoms with Gasteiger partial charge in [-0.05, 0) is 42.5 Å². The van der Waals surface area contributed by atoms with Gasteiger partial charge < -0.3 is 4.74 Å². The fourth-order valence-corrected chi connectivity index (χ4v) is 1.85. The Kier molecular flexibility index (Phi) is 2.82. The number of halogens is 1. The lowest BCUT2D eigenvalue weighted by Gasteiger charge is -2.10. The van der Waals surface area contributed by atoms with E-state index < -0.39 is 0 Å². The molecule has 1 nitrogen and oxygen atoms in total. The Morgan fingerprint density at radius 2 is 2.00 bits per heavy atom. The van der Waals surface area contributed by atoms with E-state index in [1.165, 1.54) is 18.4 Å². The van der Waals surface area contributed by atoms with E-state index in [2.05, 4.69) is 41.9 Å². The average Bonchev–Trinajstić information content (AvgIpc) is 2.87. The van der Waals surface area contributed by atoms with E-state index in [4.69, 9.17) is 4.74 Å². The summed E-state index contributed by atoms with van der Waals surface area (Å²) in [6.07, 6.45) is 2.90. The maximum Gasteiger partial charge on any atom is 0.121 e. The van der Waals surface area contributed by atoms with Gasteiger partial charge in [-0.1, -0.05) is 29.8 Å². The van der Waals surface area contributed by atoms with Crippen LogP contribution in [0.15, 0.2) is 22.7 Å². The van der Waals surface area contributed by atoms with Crippen LogP contribution in [0.3, 0.4) is 0 Å². The van der Waals surface area contributed by atoms with Crippen LogP contribution in [-0.2, 0) is 0 Å². The molecule has 1 aromatic rings. The first-order chi connectivity index (χ1) is 6.65. The molecular formula is C12H15BrO. The molecule has 1 aromatic carbocycles. The molecule has 1 fully saturated rings. The molecule has 2 rings (SSSR count). The molecule has 0 radical (unpaired) electrons. The summed E-state index contributed by atoms with van der Waals surface area (Å²) in [5, 5.41) is 0. The van der Waals surface area contributed by atoms with Crippen molar-refractivity contribution in [3.63, 3.8) is 0 Å². The highest BCUT2D eigenvalue weighted by molar-refractivity contribution is 9.10. The minimum atomic E-state index is 0.476. The molecule has 0 atom stereocenters. The van der Waals surface area contributed by atoms with Crippen LogP contribution in [0.5, 0.6) is 5.75 Å². The molecule has 0 saturated heterocycles. The first kappa shape index (κ1) is 10.0. The molecule has 0 unspecified atom stereocenters. The van der Waals surface area contributed by atoms with Crippen LogP contribution < -0.4 is 4.74 Å². The van der Waals surface area contributed by atoms with Crippen molar-refractivity contribution in [2.45, 2.75) is 38.7 Å². The van der Waals surface area contributed by atoms with Gasteiger partial charge in [0.25, 0.3) is 0 Å². The summed E-state index contributed by atoms with van der Waals surface area (Å²) in [4.78, 5) is 0. The second-order valence-corrected chi connectivity index (χ2v) is 5.11. The Labute approximate surface area is 93.6 Å². The lowest BCUT2D eigenvalue weighted by atomic mass is 10.0. The minimum absolute atomic E-state index is 0.476. The van der Waals surface area contributed by atoms with Crippen molar-refractivity contribution in [3.05, 3.63) is 28.2 Å². The van der Waals surface area contributed by atoms with Crippen LogP contribution in [0.4, 0.5) is 0 Å². The summed E-state index contributed by atoms with van der Waals surface area (Å²) in [5.41, 5.74) is 1.33. The summed E-state index contributed by atoms with van der Waals surface area (Å²) in [7, 11) is 0. The molecule has 1 saturated carbocycles. The molecule has 0 amide bonds. The Hall–Kier alpha value is -0.500. The van der Waals surface area contributed by atoms with E-state index in [9.17, 15) is 0 Å². The van der Waals surface area contributed by atoms with E-state index in [1.807, 2.05) is 6.07 Å². The second kappa shape index (κ2) is 3.93. The maximum atomic E-state index is 5.77. The first-order valence-corrected chi connectivity index (χ1v) is 5.91. The summed E-state index contributed by atoms with van der Waals surface area (Å²) < 4.78 is 6.88. The first-order valence-electron chi connectivity index (χ1n) is 5.12. The predicted octanol–water partition coefficient (Wildman–Crippen LogP) is 4.11. The molecule has 0 aromatic heterocycles. The van der Waals surface area contributed by atoms with Gasteiger partial charge in [0, 0.05) is 4.47 Å². The molecule has 14 heavy (non-hydrogen) atoms. The predicted molar refractivity (Wildman–Crippen MR) is 61.9 cm³/mol. The van der Waals surface area contributed by atoms with E-state index in [1.54, 1.807) is 0 Å². The summed E-state index contributed by atoms with van der Waals surface area (Å²) >= 11 is 3.51. The third kappa shape index (κ3) is 2.50. The zero-order chi connectivity index (χ0) is 10.1. The zero-order valence-corrected chi connectivity index (χ0v) is 10.2. The summed E-state index contributed by atoms with van der Waals surface area (Å²) in [6, 6.07) is 6.35. The standard InChI is InChI=1S/C12H15BrO/c1-8(2)9-5-10(13)7-12(6-9)14-11-3-4-11/h5-8,11H,3-4H2,1-2H3. The maximum absolute atomic E-state index is 5.77. The van der Waals surface area contributed by atoms with Crippen molar-refractivity contribution >= 4 is 15.9 Å². The molecule has 0 heterocycles. The van der Waals surface area contributed by atoms with Crippen LogP contribution in [0, 0.1) is 0 Å². The van der Waals surface area contributed by atoms with Gasteiger partial charge in [-0.25, -0.2) is 0 Å². The fourth-order valence-electron chi connectivity index (χ4n) is 1.36. The number of rotatable bonds is 3. The molecule has 0 bridgehead atoms. The highest BCUT2D eigenvalue weighted by atomic mass is 79.9. The smallest absolute Gasteiger partial charge is 0.121 e. The van der Waals surface area contributed by atoms with Crippen molar-refractivity contribution in [2.75, 3.05) is 0 Å². The Morgan fingerprint density at radius 3 is 2.57 bits per heavy atom. The zero-order valence-electron chi connectivity index (χ0n) is 8.59. The van der Waals surface area contributed by atoms with Crippen molar-refractivity contribution < 1.29 is 4.74 Å². The number of hydrogen-bond acceptors (Lipinski definition) is 1. The highest BCUT2D eigenvalue weighted by Crippen LogP contribution is 2.31. The highest BCUT2D eigenvalue weighted by Gasteiger charge is 2.23. The molecule has 0 spiro atoms. The van der Waals surface area contributed by atoms with Crippen LogP contribution in [0.25, 0.3) is 0 Å². The van der Waals surface area contributed by atoms with E-state index in [0.29, 0.717) is 12.0 Å². The van der Waals surface area contributed by atoms with Gasteiger partial charge >= 0.3 is 0 Å². The van der Waals surface area contributed by atoms with Crippen molar-refractivity contribution in [1.82, 2.24) is 0 Å². The molecular weight excluding hydrogens is 240 g/mol. The molecule has 76 valence electrons. The lowest BCUT2D eigenvalue weighted by molar-refractivity contribution is 0.302. The van der Waals surface area contributed by atoms with Gasteiger partial charge in [-0.2, -0.15) is 0 Å². The van der Waals surface area contributed by atoms with Crippen LogP contribution in [0.1, 0.15) is 38.2 Å². The number of benzene rings is 1. The Morgan fingerprint density at radius 1 is 1.29 bits per heavy atom. The van der Waals surface area contributed by atoms with Crippen molar-refractivity contribution in [3.8, 4) is 5.75 Å². The molecule has 0 aliphatic heterocycles. The van der Waals surface area contributed by atoms with Crippen LogP contribution in [-0.4, -0.2) is 6.10 Å². The van der Waals surface area contributed by atoms with Crippen LogP contribution in [0.2, 0.25) is 0 Å². The van der Waals surface area contributed by atoms with E-state index in [-0.39, 0.29) is 0 Å². The van der Waals surface area contributed by atoms with Gasteiger partial charge in [-0.15, -0.1) is 0 Å². The van der Waals surface area contributed by atoms with Crippen molar-refractivity contribution in [1.29, 1.82) is 0 Å². The summed E-state index contributed by atoms with van der Waals surface area (Å²) in [5.74, 6) is 1.56. The minimum Gasteiger partial charge on any atom is -0.490 e. The Bertz CT molecular complexity index is 329. The van der Waals surface area contributed by atoms with Crippen molar-refractivity contribution in [2.24, 2.45) is 0 Å². The topological polar surface area (TPSA) is 9.23 Å². The van der Waals surface area contributed by atoms with Gasteiger partial charge in [-0.3, -0.25) is 0 Å². The van der Waals surface area contributed by atoms with E-state index >= 15 is 0 Å². The normalized spacial score (nSPS) is 16.0. The van der Waals surface area contributed by atoms with Gasteiger partial charge in [0.1, 0.15) is 5.75 Å². The molecule has 0 N–H and O–H groups in total. The number of hydrogen-bond donors (Lipinski definition) is 0. The van der Waals surface area contributed by atoms with Gasteiger partial charge in [0.2, 0.25) is 0 Å². The van der Waals surface area contributed by atoms with E-state index in [0.717, 1.165) is 10.2 Å². The summed E-state index contributed by atoms with van der Waals surface area (Å²) in [6.45, 7) is 4.39. The number of ether oxygens (including phenoxy) is 1. The quantitative estimate of drug-likeness (QED) is 0.789. The van der Waals surface area contributed by atoms with Gasteiger partial charge in [0.05, 0.1) is 6.10 Å². The van der Waals surface area contributed by atoms with Gasteiger partial charge in [0.15, 0.2) is 0 Å². The SMILES string of the molecule is CC(C)c1cc(Br)cc(OC2CC2)c1. The molecule has 2 heteroatoms. The monoisotopic (exact) mass is 254 g/mol. The average molecular weight is 255 g/mol. The van der Waals surface area contributed by atoms with Crippen LogP contribution >= 0.6 is 15.9 Å². The molecule has 1 aliphatic carbocycles.